The first kappa shape index (κ1) is 16.3. The maximum absolute atomic E-state index is 12.8. The molecule has 25 heavy (non-hydrogen) atoms. The molecule has 132 valence electrons. The third-order valence-electron chi connectivity index (χ3n) is 5.13. The van der Waals surface area contributed by atoms with Crippen LogP contribution in [0.1, 0.15) is 17.8 Å². The average molecular weight is 360 g/mol. The van der Waals surface area contributed by atoms with Gasteiger partial charge in [0.25, 0.3) is 5.56 Å². The van der Waals surface area contributed by atoms with Gasteiger partial charge in [-0.3, -0.25) is 19.0 Å². The summed E-state index contributed by atoms with van der Waals surface area (Å²) < 4.78 is 2.39. The molecule has 0 aliphatic carbocycles. The number of hydrogen-bond donors (Lipinski definition) is 0. The van der Waals surface area contributed by atoms with Crippen LogP contribution in [0.5, 0.6) is 0 Å². The third kappa shape index (κ3) is 2.64. The van der Waals surface area contributed by atoms with E-state index < -0.39 is 0 Å². The molecule has 4 heterocycles. The molecule has 2 amide bonds. The van der Waals surface area contributed by atoms with E-state index in [1.807, 2.05) is 12.3 Å². The van der Waals surface area contributed by atoms with Crippen molar-refractivity contribution in [2.24, 2.45) is 5.92 Å². The van der Waals surface area contributed by atoms with Crippen molar-refractivity contribution in [3.63, 3.8) is 0 Å². The summed E-state index contributed by atoms with van der Waals surface area (Å²) in [5.74, 6) is 0.504. The molecule has 2 aliphatic heterocycles. The van der Waals surface area contributed by atoms with Gasteiger partial charge in [-0.25, -0.2) is 4.98 Å². The summed E-state index contributed by atoms with van der Waals surface area (Å²) in [6, 6.07) is 0. The first-order valence-corrected chi connectivity index (χ1v) is 9.34. The van der Waals surface area contributed by atoms with Gasteiger partial charge in [0.05, 0.1) is 11.4 Å². The maximum Gasteiger partial charge on any atom is 0.271 e. The minimum absolute atomic E-state index is 0.0107. The highest BCUT2D eigenvalue weighted by molar-refractivity contribution is 7.17. The van der Waals surface area contributed by atoms with Crippen LogP contribution >= 0.6 is 11.3 Å². The SMILES string of the molecule is Cc1csc2c(=O)n3c(nc12)CCN(C(=O)C1CC(=O)N(C)C1)CC3. The Morgan fingerprint density at radius 2 is 2.08 bits per heavy atom. The maximum atomic E-state index is 12.8. The molecule has 2 aromatic heterocycles. The Labute approximate surface area is 148 Å². The number of carbonyl (C=O) groups excluding carboxylic acids is 2. The van der Waals surface area contributed by atoms with Crippen LogP contribution in [-0.4, -0.2) is 57.8 Å². The standard InChI is InChI=1S/C17H20N4O3S/c1-10-9-25-15-14(10)18-12-3-4-20(5-6-21(12)17(15)24)16(23)11-7-13(22)19(2)8-11/h9,11H,3-8H2,1-2H3. The van der Waals surface area contributed by atoms with Crippen LogP contribution in [0.15, 0.2) is 10.2 Å². The Balaban J connectivity index is 1.59. The first-order valence-electron chi connectivity index (χ1n) is 8.46. The molecule has 0 N–H and O–H groups in total. The monoisotopic (exact) mass is 360 g/mol. The lowest BCUT2D eigenvalue weighted by Crippen LogP contribution is -2.39. The summed E-state index contributed by atoms with van der Waals surface area (Å²) in [5, 5.41) is 1.96. The van der Waals surface area contributed by atoms with Crippen molar-refractivity contribution in [1.29, 1.82) is 0 Å². The fourth-order valence-corrected chi connectivity index (χ4v) is 4.59. The second-order valence-electron chi connectivity index (χ2n) is 6.83. The molecule has 2 aliphatic rings. The molecule has 1 atom stereocenters. The molecule has 8 heteroatoms. The Morgan fingerprint density at radius 1 is 1.28 bits per heavy atom. The molecule has 0 spiro atoms. The number of rotatable bonds is 1. The molecular formula is C17H20N4O3S. The van der Waals surface area contributed by atoms with E-state index in [-0.39, 0.29) is 29.7 Å². The van der Waals surface area contributed by atoms with Crippen molar-refractivity contribution in [2.45, 2.75) is 26.3 Å². The fraction of sp³-hybridized carbons (Fsp3) is 0.529. The Kier molecular flexibility index (Phi) is 3.87. The van der Waals surface area contributed by atoms with Gasteiger partial charge in [-0.05, 0) is 17.9 Å². The van der Waals surface area contributed by atoms with Crippen molar-refractivity contribution in [2.75, 3.05) is 26.7 Å². The lowest BCUT2D eigenvalue weighted by molar-refractivity contribution is -0.135. The molecule has 0 saturated carbocycles. The van der Waals surface area contributed by atoms with Gasteiger partial charge >= 0.3 is 0 Å². The van der Waals surface area contributed by atoms with Gasteiger partial charge in [0.1, 0.15) is 10.5 Å². The smallest absolute Gasteiger partial charge is 0.271 e. The number of amides is 2. The highest BCUT2D eigenvalue weighted by Gasteiger charge is 2.35. The zero-order valence-corrected chi connectivity index (χ0v) is 15.1. The number of nitrogens with zero attached hydrogens (tertiary/aromatic N) is 4. The van der Waals surface area contributed by atoms with Gasteiger partial charge < -0.3 is 9.80 Å². The topological polar surface area (TPSA) is 75.5 Å². The van der Waals surface area contributed by atoms with Crippen molar-refractivity contribution in [1.82, 2.24) is 19.4 Å². The molecule has 4 rings (SSSR count). The summed E-state index contributed by atoms with van der Waals surface area (Å²) in [7, 11) is 1.73. The lowest BCUT2D eigenvalue weighted by Gasteiger charge is -2.23. The van der Waals surface area contributed by atoms with E-state index in [9.17, 15) is 14.4 Å². The lowest BCUT2D eigenvalue weighted by atomic mass is 10.1. The largest absolute Gasteiger partial charge is 0.345 e. The van der Waals surface area contributed by atoms with E-state index in [1.165, 1.54) is 11.3 Å². The van der Waals surface area contributed by atoms with Crippen molar-refractivity contribution >= 4 is 33.4 Å². The van der Waals surface area contributed by atoms with Crippen LogP contribution < -0.4 is 5.56 Å². The van der Waals surface area contributed by atoms with Gasteiger partial charge in [-0.2, -0.15) is 0 Å². The summed E-state index contributed by atoms with van der Waals surface area (Å²) in [4.78, 5) is 45.3. The normalized spacial score (nSPS) is 20.9. The van der Waals surface area contributed by atoms with Gasteiger partial charge in [-0.15, -0.1) is 11.3 Å². The zero-order chi connectivity index (χ0) is 17.7. The van der Waals surface area contributed by atoms with Crippen molar-refractivity contribution < 1.29 is 9.59 Å². The highest BCUT2D eigenvalue weighted by atomic mass is 32.1. The van der Waals surface area contributed by atoms with Crippen LogP contribution in [0, 0.1) is 12.8 Å². The summed E-state index contributed by atoms with van der Waals surface area (Å²) in [6.45, 7) is 3.92. The Morgan fingerprint density at radius 3 is 2.80 bits per heavy atom. The highest BCUT2D eigenvalue weighted by Crippen LogP contribution is 2.23. The van der Waals surface area contributed by atoms with Gasteiger partial charge in [-0.1, -0.05) is 0 Å². The fourth-order valence-electron chi connectivity index (χ4n) is 3.65. The van der Waals surface area contributed by atoms with Crippen LogP contribution in [0.2, 0.25) is 0 Å². The molecule has 7 nitrogen and oxygen atoms in total. The van der Waals surface area contributed by atoms with Gasteiger partial charge in [0.15, 0.2) is 0 Å². The predicted molar refractivity (Wildman–Crippen MR) is 94.6 cm³/mol. The van der Waals surface area contributed by atoms with E-state index in [4.69, 9.17) is 0 Å². The molecule has 1 unspecified atom stereocenters. The van der Waals surface area contributed by atoms with Crippen LogP contribution in [-0.2, 0) is 22.6 Å². The molecule has 1 fully saturated rings. The second kappa shape index (κ2) is 5.94. The quantitative estimate of drug-likeness (QED) is 0.748. The predicted octanol–water partition coefficient (Wildman–Crippen LogP) is 0.629. The molecular weight excluding hydrogens is 340 g/mol. The molecule has 0 radical (unpaired) electrons. The van der Waals surface area contributed by atoms with E-state index in [0.717, 1.165) is 16.9 Å². The minimum Gasteiger partial charge on any atom is -0.345 e. The van der Waals surface area contributed by atoms with Crippen molar-refractivity contribution in [3.05, 3.63) is 27.1 Å². The molecule has 0 aromatic carbocycles. The summed E-state index contributed by atoms with van der Waals surface area (Å²) in [6.07, 6.45) is 0.842. The van der Waals surface area contributed by atoms with E-state index in [0.29, 0.717) is 37.3 Å². The van der Waals surface area contributed by atoms with E-state index >= 15 is 0 Å². The molecule has 0 bridgehead atoms. The van der Waals surface area contributed by atoms with Crippen LogP contribution in [0.4, 0.5) is 0 Å². The Hall–Kier alpha value is -2.22. The number of fused-ring (bicyclic) bond motifs is 2. The number of carbonyl (C=O) groups is 2. The number of thiophene rings is 1. The summed E-state index contributed by atoms with van der Waals surface area (Å²) >= 11 is 1.43. The molecule has 2 aromatic rings. The molecule has 1 saturated heterocycles. The second-order valence-corrected chi connectivity index (χ2v) is 7.71. The van der Waals surface area contributed by atoms with Gasteiger partial charge in [0, 0.05) is 46.1 Å². The zero-order valence-electron chi connectivity index (χ0n) is 14.3. The van der Waals surface area contributed by atoms with Crippen LogP contribution in [0.25, 0.3) is 10.2 Å². The first-order chi connectivity index (χ1) is 12.0. The summed E-state index contributed by atoms with van der Waals surface area (Å²) in [5.41, 5.74) is 1.79. The number of hydrogen-bond acceptors (Lipinski definition) is 5. The number of likely N-dealkylation sites (tertiary alicyclic amines) is 1. The average Bonchev–Trinajstić information content (AvgIpc) is 3.03. The van der Waals surface area contributed by atoms with Crippen LogP contribution in [0.3, 0.4) is 0 Å². The van der Waals surface area contributed by atoms with Gasteiger partial charge in [0.2, 0.25) is 11.8 Å². The van der Waals surface area contributed by atoms with E-state index in [1.54, 1.807) is 21.4 Å². The van der Waals surface area contributed by atoms with Crippen molar-refractivity contribution in [3.8, 4) is 0 Å². The minimum atomic E-state index is -0.269. The number of aryl methyl sites for hydroxylation is 1. The Bertz CT molecular complexity index is 932. The van der Waals surface area contributed by atoms with E-state index in [2.05, 4.69) is 4.98 Å². The third-order valence-corrected chi connectivity index (χ3v) is 6.21. The number of aromatic nitrogens is 2.